The molecule has 2 heterocycles. The summed E-state index contributed by atoms with van der Waals surface area (Å²) in [5, 5.41) is 10.9. The van der Waals surface area contributed by atoms with E-state index < -0.39 is 5.41 Å². The number of carbonyl (C=O) groups excluding carboxylic acids is 1. The molecule has 3 fully saturated rings. The van der Waals surface area contributed by atoms with Gasteiger partial charge in [-0.15, -0.1) is 0 Å². The number of nitrogens with two attached hydrogens (primary N) is 1. The Balaban J connectivity index is 1.34. The molecule has 0 aliphatic heterocycles. The Morgan fingerprint density at radius 3 is 2.49 bits per heavy atom. The van der Waals surface area contributed by atoms with Crippen LogP contribution in [0.2, 0.25) is 0 Å². The highest BCUT2D eigenvalue weighted by atomic mass is 32.1. The number of hydrogen-bond donors (Lipinski definition) is 3. The molecule has 0 radical (unpaired) electrons. The Bertz CT molecular complexity index is 1530. The van der Waals surface area contributed by atoms with E-state index in [1.165, 1.54) is 24.1 Å². The van der Waals surface area contributed by atoms with E-state index in [2.05, 4.69) is 74.8 Å². The summed E-state index contributed by atoms with van der Waals surface area (Å²) in [5.41, 5.74) is 10.7. The molecule has 0 spiro atoms. The molecule has 2 aromatic heterocycles. The van der Waals surface area contributed by atoms with Gasteiger partial charge in [0.25, 0.3) is 5.91 Å². The summed E-state index contributed by atoms with van der Waals surface area (Å²) < 4.78 is 1.96. The van der Waals surface area contributed by atoms with Crippen LogP contribution < -0.4 is 5.73 Å². The van der Waals surface area contributed by atoms with E-state index in [1.54, 1.807) is 16.6 Å². The Hall–Kier alpha value is -2.22. The topological polar surface area (TPSA) is 105 Å². The standard InChI is InChI=1S/C33H48N6OS/c1-28(2)12-14-33(26(40)39-18-35-27(41)38-39)15-13-31(6)20(21(33)17-28)8-9-23-30(5)16-19-24(36-37-25(19)34)29(3,4)22(30)10-11-32(23,31)7/h8,18,21-23H,9-17H2,1-7H3,(H,38,41)(H3,34,36,37)/t21?,22?,23?,30-,31+,32+,33-/m0/s1. The highest BCUT2D eigenvalue weighted by Gasteiger charge is 2.69. The molecule has 5 aliphatic carbocycles. The van der Waals surface area contributed by atoms with Gasteiger partial charge in [0.1, 0.15) is 12.1 Å². The predicted octanol–water partition coefficient (Wildman–Crippen LogP) is 7.40. The van der Waals surface area contributed by atoms with Gasteiger partial charge in [-0.05, 0) is 109 Å². The second-order valence-corrected chi connectivity index (χ2v) is 17.0. The lowest BCUT2D eigenvalue weighted by molar-refractivity contribution is -0.157. The zero-order chi connectivity index (χ0) is 29.4. The third kappa shape index (κ3) is 3.37. The molecule has 3 unspecified atom stereocenters. The number of nitrogens with zero attached hydrogens (tertiary/aromatic N) is 3. The third-order valence-electron chi connectivity index (χ3n) is 14.0. The van der Waals surface area contributed by atoms with E-state index >= 15 is 0 Å². The average Bonchev–Trinajstić information content (AvgIpc) is 3.49. The van der Waals surface area contributed by atoms with Crippen molar-refractivity contribution in [2.75, 3.05) is 5.73 Å². The molecular formula is C33H48N6OS. The Morgan fingerprint density at radius 1 is 1.05 bits per heavy atom. The second-order valence-electron chi connectivity index (χ2n) is 16.6. The van der Waals surface area contributed by atoms with Gasteiger partial charge in [0.05, 0.1) is 5.41 Å². The minimum Gasteiger partial charge on any atom is -0.382 e. The molecule has 4 N–H and O–H groups in total. The van der Waals surface area contributed by atoms with Gasteiger partial charge in [0, 0.05) is 16.7 Å². The van der Waals surface area contributed by atoms with Crippen molar-refractivity contribution in [1.82, 2.24) is 25.0 Å². The van der Waals surface area contributed by atoms with Gasteiger partial charge >= 0.3 is 0 Å². The number of hydrogen-bond acceptors (Lipinski definition) is 5. The van der Waals surface area contributed by atoms with Crippen LogP contribution in [-0.2, 0) is 11.8 Å². The fourth-order valence-corrected chi connectivity index (χ4v) is 11.8. The van der Waals surface area contributed by atoms with Gasteiger partial charge in [-0.2, -0.15) is 5.10 Å². The fourth-order valence-electron chi connectivity index (χ4n) is 11.7. The molecule has 8 heteroatoms. The van der Waals surface area contributed by atoms with Gasteiger partial charge in [0.15, 0.2) is 0 Å². The quantitative estimate of drug-likeness (QED) is 0.242. The molecule has 222 valence electrons. The van der Waals surface area contributed by atoms with Gasteiger partial charge in [-0.25, -0.2) is 9.67 Å². The summed E-state index contributed by atoms with van der Waals surface area (Å²) in [6.07, 6.45) is 13.7. The van der Waals surface area contributed by atoms with Crippen molar-refractivity contribution in [2.24, 2.45) is 44.8 Å². The lowest BCUT2D eigenvalue weighted by Crippen LogP contribution is -2.65. The largest absolute Gasteiger partial charge is 0.382 e. The first-order chi connectivity index (χ1) is 19.1. The van der Waals surface area contributed by atoms with E-state index in [9.17, 15) is 4.79 Å². The van der Waals surface area contributed by atoms with Crippen molar-refractivity contribution in [3.8, 4) is 0 Å². The Kier molecular flexibility index (Phi) is 5.54. The molecule has 5 aliphatic rings. The average molecular weight is 577 g/mol. The van der Waals surface area contributed by atoms with Crippen LogP contribution in [0.4, 0.5) is 5.82 Å². The lowest BCUT2D eigenvalue weighted by atomic mass is 9.33. The van der Waals surface area contributed by atoms with Crippen LogP contribution in [0.1, 0.15) is 116 Å². The first kappa shape index (κ1) is 27.6. The summed E-state index contributed by atoms with van der Waals surface area (Å²) in [5.74, 6) is 2.20. The highest BCUT2D eigenvalue weighted by molar-refractivity contribution is 7.71. The molecule has 0 aromatic carbocycles. The van der Waals surface area contributed by atoms with Crippen LogP contribution in [0.5, 0.6) is 0 Å². The molecule has 7 atom stereocenters. The van der Waals surface area contributed by atoms with Crippen molar-refractivity contribution >= 4 is 23.9 Å². The Morgan fingerprint density at radius 2 is 1.78 bits per heavy atom. The number of nitrogens with one attached hydrogen (secondary N) is 2. The van der Waals surface area contributed by atoms with Crippen LogP contribution >= 0.6 is 12.2 Å². The van der Waals surface area contributed by atoms with Gasteiger partial charge in [-0.3, -0.25) is 15.0 Å². The number of H-pyrrole nitrogens is 2. The summed E-state index contributed by atoms with van der Waals surface area (Å²) in [6.45, 7) is 17.4. The maximum absolute atomic E-state index is 14.4. The number of carbonyl (C=O) groups is 1. The minimum atomic E-state index is -0.406. The zero-order valence-corrected chi connectivity index (χ0v) is 26.8. The van der Waals surface area contributed by atoms with Crippen molar-refractivity contribution in [2.45, 2.75) is 112 Å². The van der Waals surface area contributed by atoms with Crippen LogP contribution in [0, 0.1) is 49.6 Å². The first-order valence-corrected chi connectivity index (χ1v) is 16.2. The summed E-state index contributed by atoms with van der Waals surface area (Å²) in [7, 11) is 0. The van der Waals surface area contributed by atoms with Gasteiger partial charge < -0.3 is 5.73 Å². The number of anilines is 1. The smallest absolute Gasteiger partial charge is 0.253 e. The van der Waals surface area contributed by atoms with E-state index in [1.807, 2.05) is 0 Å². The van der Waals surface area contributed by atoms with Crippen LogP contribution in [0.15, 0.2) is 18.0 Å². The molecule has 2 aromatic rings. The van der Waals surface area contributed by atoms with E-state index in [0.29, 0.717) is 22.4 Å². The van der Waals surface area contributed by atoms with E-state index in [4.69, 9.17) is 18.0 Å². The van der Waals surface area contributed by atoms with Crippen molar-refractivity contribution in [1.29, 1.82) is 0 Å². The fraction of sp³-hybridized carbons (Fsp3) is 0.758. The molecule has 7 nitrogen and oxygen atoms in total. The zero-order valence-electron chi connectivity index (χ0n) is 26.0. The molecule has 3 saturated carbocycles. The number of fused-ring (bicyclic) bond motifs is 8. The number of allylic oxidation sites excluding steroid dienone is 2. The molecule has 41 heavy (non-hydrogen) atoms. The monoisotopic (exact) mass is 576 g/mol. The first-order valence-electron chi connectivity index (χ1n) is 15.8. The van der Waals surface area contributed by atoms with E-state index in [0.717, 1.165) is 44.9 Å². The van der Waals surface area contributed by atoms with Crippen LogP contribution in [0.25, 0.3) is 0 Å². The van der Waals surface area contributed by atoms with Crippen molar-refractivity contribution < 1.29 is 4.79 Å². The van der Waals surface area contributed by atoms with Crippen LogP contribution in [0.3, 0.4) is 0 Å². The SMILES string of the molecule is CC1(C)CC[C@]2(C(=O)n3cnc(=S)[nH]3)CC[C@]3(C)C(=CCC4[C@@]5(C)Cc6c(N)n[nH]c6C(C)(C)C5CC[C@]43C)C2C1. The maximum Gasteiger partial charge on any atom is 0.253 e. The number of rotatable bonds is 1. The molecular weight excluding hydrogens is 528 g/mol. The maximum atomic E-state index is 14.4. The number of nitrogen functional groups attached to an aromatic ring is 1. The molecule has 0 bridgehead atoms. The van der Waals surface area contributed by atoms with Gasteiger partial charge in [-0.1, -0.05) is 60.1 Å². The molecule has 0 amide bonds. The second kappa shape index (κ2) is 8.23. The van der Waals surface area contributed by atoms with Crippen molar-refractivity contribution in [3.05, 3.63) is 34.0 Å². The van der Waals surface area contributed by atoms with Gasteiger partial charge in [0.2, 0.25) is 4.77 Å². The Labute approximate surface area is 249 Å². The summed E-state index contributed by atoms with van der Waals surface area (Å²) in [4.78, 5) is 18.6. The minimum absolute atomic E-state index is 0.00553. The lowest BCUT2D eigenvalue weighted by Gasteiger charge is -2.70. The van der Waals surface area contributed by atoms with Crippen LogP contribution in [-0.4, -0.2) is 30.9 Å². The summed E-state index contributed by atoms with van der Waals surface area (Å²) >= 11 is 5.26. The molecule has 7 rings (SSSR count). The normalized spacial score (nSPS) is 42.1. The summed E-state index contributed by atoms with van der Waals surface area (Å²) in [6, 6.07) is 0. The van der Waals surface area contributed by atoms with E-state index in [-0.39, 0.29) is 38.9 Å². The third-order valence-corrected chi connectivity index (χ3v) is 14.2. The number of aromatic amines is 2. The predicted molar refractivity (Wildman–Crippen MR) is 164 cm³/mol. The number of aromatic nitrogens is 5. The van der Waals surface area contributed by atoms with Crippen molar-refractivity contribution in [3.63, 3.8) is 0 Å². The highest BCUT2D eigenvalue weighted by Crippen LogP contribution is 2.75. The molecule has 0 saturated heterocycles.